The fraction of sp³-hybridized carbons (Fsp3) is 0.793. The fourth-order valence-corrected chi connectivity index (χ4v) is 6.01. The number of rotatable bonds is 12. The van der Waals surface area contributed by atoms with Crippen LogP contribution in [0.1, 0.15) is 27.7 Å². The second-order valence-electron chi connectivity index (χ2n) is 12.1. The first-order valence-corrected chi connectivity index (χ1v) is 17.0. The first kappa shape index (κ1) is 44.3. The normalized spacial score (nSPS) is 36.9. The number of carbonyl (C=O) groups is 4. The Hall–Kier alpha value is -3.14. The van der Waals surface area contributed by atoms with Crippen molar-refractivity contribution in [1.29, 1.82) is 0 Å². The standard InChI is InChI=1S/C29H46N4O18S2/c1-9(34)45-8-15-22(46-10(2)35)23(47-11(3)36)24(48-12(4)37)26(50-15)33-29(53)30-6-13-16(38)18(40)20(42)25(49-13)32-28(52)31-7-14-17(39)19(41)21(43)27(44-5)51-14/h13-27,38-43H,6-8H2,1-5H3,(H2,30,33,53)(H2,31,32,52)/t13-,14-,15-,16-,17-,18+,19+,20-,21-,22-,23+,24-,25-,26-,27+/m1/s1. The van der Waals surface area contributed by atoms with Gasteiger partial charge in [0.25, 0.3) is 0 Å². The van der Waals surface area contributed by atoms with Crippen molar-refractivity contribution >= 4 is 58.5 Å². The van der Waals surface area contributed by atoms with Crippen LogP contribution in [0.3, 0.4) is 0 Å². The van der Waals surface area contributed by atoms with E-state index >= 15 is 0 Å². The number of esters is 4. The molecule has 0 unspecified atom stereocenters. The summed E-state index contributed by atoms with van der Waals surface area (Å²) in [6, 6.07) is 0. The Labute approximate surface area is 313 Å². The van der Waals surface area contributed by atoms with Crippen molar-refractivity contribution in [2.75, 3.05) is 26.8 Å². The lowest BCUT2D eigenvalue weighted by molar-refractivity contribution is -0.288. The highest BCUT2D eigenvalue weighted by molar-refractivity contribution is 7.80. The van der Waals surface area contributed by atoms with E-state index in [2.05, 4.69) is 21.3 Å². The van der Waals surface area contributed by atoms with Crippen molar-refractivity contribution in [3.05, 3.63) is 0 Å². The Kier molecular flexibility index (Phi) is 16.7. The van der Waals surface area contributed by atoms with Gasteiger partial charge in [0.2, 0.25) is 0 Å². The zero-order valence-electron chi connectivity index (χ0n) is 29.2. The minimum absolute atomic E-state index is 0.157. The van der Waals surface area contributed by atoms with Crippen molar-refractivity contribution in [3.8, 4) is 0 Å². The second kappa shape index (κ2) is 20.0. The Morgan fingerprint density at radius 3 is 1.53 bits per heavy atom. The molecule has 0 amide bonds. The van der Waals surface area contributed by atoms with Crippen LogP contribution in [-0.4, -0.2) is 184 Å². The molecule has 3 aliphatic heterocycles. The molecule has 3 heterocycles. The van der Waals surface area contributed by atoms with E-state index in [-0.39, 0.29) is 23.3 Å². The summed E-state index contributed by atoms with van der Waals surface area (Å²) in [5, 5.41) is 72.6. The van der Waals surface area contributed by atoms with Crippen LogP contribution in [0, 0.1) is 0 Å². The number of nitrogens with one attached hydrogen (secondary N) is 4. The summed E-state index contributed by atoms with van der Waals surface area (Å²) in [5.74, 6) is -3.19. The van der Waals surface area contributed by atoms with E-state index in [1.807, 2.05) is 0 Å². The predicted octanol–water partition coefficient (Wildman–Crippen LogP) is -5.74. The third-order valence-corrected chi connectivity index (χ3v) is 8.60. The molecule has 0 aromatic heterocycles. The lowest BCUT2D eigenvalue weighted by atomic mass is 9.97. The molecule has 3 fully saturated rings. The molecule has 302 valence electrons. The van der Waals surface area contributed by atoms with Crippen molar-refractivity contribution < 1.29 is 87.7 Å². The average molecular weight is 803 g/mol. The smallest absolute Gasteiger partial charge is 0.303 e. The molecule has 0 saturated carbocycles. The van der Waals surface area contributed by atoms with E-state index in [0.717, 1.165) is 27.7 Å². The van der Waals surface area contributed by atoms with E-state index in [1.165, 1.54) is 7.11 Å². The van der Waals surface area contributed by atoms with Gasteiger partial charge in [-0.3, -0.25) is 19.2 Å². The quantitative estimate of drug-likeness (QED) is 0.0499. The molecule has 15 atom stereocenters. The van der Waals surface area contributed by atoms with Gasteiger partial charge in [-0.1, -0.05) is 0 Å². The molecule has 0 radical (unpaired) electrons. The number of aliphatic hydroxyl groups excluding tert-OH is 6. The van der Waals surface area contributed by atoms with Gasteiger partial charge >= 0.3 is 23.9 Å². The maximum absolute atomic E-state index is 12.1. The second-order valence-corrected chi connectivity index (χ2v) is 13.0. The Balaban J connectivity index is 1.68. The Morgan fingerprint density at radius 1 is 0.566 bits per heavy atom. The van der Waals surface area contributed by atoms with Crippen LogP contribution in [0.15, 0.2) is 0 Å². The first-order valence-electron chi connectivity index (χ1n) is 16.2. The summed E-state index contributed by atoms with van der Waals surface area (Å²) in [6.45, 7) is 3.34. The maximum Gasteiger partial charge on any atom is 0.303 e. The molecule has 22 nitrogen and oxygen atoms in total. The third-order valence-electron chi connectivity index (χ3n) is 8.08. The van der Waals surface area contributed by atoms with Crippen molar-refractivity contribution in [2.24, 2.45) is 0 Å². The molecule has 3 aliphatic rings. The molecule has 53 heavy (non-hydrogen) atoms. The van der Waals surface area contributed by atoms with Crippen LogP contribution in [0.2, 0.25) is 0 Å². The summed E-state index contributed by atoms with van der Waals surface area (Å²) >= 11 is 10.6. The van der Waals surface area contributed by atoms with Gasteiger partial charge in [0.05, 0.1) is 0 Å². The van der Waals surface area contributed by atoms with Gasteiger partial charge in [-0.05, 0) is 24.4 Å². The number of methoxy groups -OCH3 is 1. The Morgan fingerprint density at radius 2 is 1.02 bits per heavy atom. The monoisotopic (exact) mass is 802 g/mol. The minimum Gasteiger partial charge on any atom is -0.463 e. The van der Waals surface area contributed by atoms with E-state index < -0.39 is 122 Å². The van der Waals surface area contributed by atoms with Gasteiger partial charge in [0.15, 0.2) is 47.3 Å². The summed E-state index contributed by atoms with van der Waals surface area (Å²) < 4.78 is 43.2. The molecule has 3 rings (SSSR count). The molecule has 0 aromatic carbocycles. The van der Waals surface area contributed by atoms with Gasteiger partial charge in [-0.15, -0.1) is 0 Å². The topological polar surface area (TPSA) is 312 Å². The maximum atomic E-state index is 12.1. The number of carbonyl (C=O) groups excluding carboxylic acids is 4. The van der Waals surface area contributed by atoms with Gasteiger partial charge in [0.1, 0.15) is 61.5 Å². The molecule has 10 N–H and O–H groups in total. The van der Waals surface area contributed by atoms with E-state index in [0.29, 0.717) is 0 Å². The zero-order chi connectivity index (χ0) is 39.7. The minimum atomic E-state index is -1.75. The average Bonchev–Trinajstić information content (AvgIpc) is 3.07. The van der Waals surface area contributed by atoms with Crippen molar-refractivity contribution in [3.63, 3.8) is 0 Å². The number of aliphatic hydroxyl groups is 6. The number of ether oxygens (including phenoxy) is 8. The van der Waals surface area contributed by atoms with Crippen LogP contribution >= 0.6 is 24.4 Å². The highest BCUT2D eigenvalue weighted by Gasteiger charge is 2.53. The molecule has 0 aliphatic carbocycles. The van der Waals surface area contributed by atoms with Crippen LogP contribution < -0.4 is 21.3 Å². The number of hydrogen-bond acceptors (Lipinski definition) is 20. The first-order chi connectivity index (χ1) is 24.8. The lowest BCUT2D eigenvalue weighted by Gasteiger charge is -2.44. The summed E-state index contributed by atoms with van der Waals surface area (Å²) in [4.78, 5) is 47.7. The SMILES string of the molecule is CO[C@H]1O[C@H](CNC(=S)N[C@@H]2O[C@H](CNC(=S)N[C@@H]3O[C@H](COC(C)=O)[C@@H](OC(C)=O)[C@H](OC(C)=O)[C@H]3OC(C)=O)[C@@H](O)[C@H](O)[C@H]2O)[C@@H](O)[C@H](O)[C@H]1O. The zero-order valence-corrected chi connectivity index (χ0v) is 30.8. The summed E-state index contributed by atoms with van der Waals surface area (Å²) in [6.07, 6.45) is -21.7. The van der Waals surface area contributed by atoms with E-state index in [9.17, 15) is 49.8 Å². The summed E-state index contributed by atoms with van der Waals surface area (Å²) in [7, 11) is 1.24. The van der Waals surface area contributed by atoms with E-state index in [1.54, 1.807) is 0 Å². The predicted molar refractivity (Wildman–Crippen MR) is 180 cm³/mol. The highest BCUT2D eigenvalue weighted by Crippen LogP contribution is 2.29. The van der Waals surface area contributed by atoms with Crippen LogP contribution in [0.25, 0.3) is 0 Å². The molecule has 3 saturated heterocycles. The fourth-order valence-electron chi connectivity index (χ4n) is 5.61. The van der Waals surface area contributed by atoms with Gasteiger partial charge < -0.3 is 89.8 Å². The van der Waals surface area contributed by atoms with E-state index in [4.69, 9.17) is 62.3 Å². The van der Waals surface area contributed by atoms with Gasteiger partial charge in [-0.2, -0.15) is 0 Å². The van der Waals surface area contributed by atoms with Crippen molar-refractivity contribution in [1.82, 2.24) is 21.3 Å². The molecule has 0 spiro atoms. The Bertz CT molecular complexity index is 1320. The molecular formula is C29H46N4O18S2. The third kappa shape index (κ3) is 12.2. The van der Waals surface area contributed by atoms with Crippen LogP contribution in [-0.2, 0) is 57.1 Å². The van der Waals surface area contributed by atoms with Crippen LogP contribution in [0.5, 0.6) is 0 Å². The largest absolute Gasteiger partial charge is 0.463 e. The van der Waals surface area contributed by atoms with Crippen molar-refractivity contribution in [2.45, 2.75) is 120 Å². The highest BCUT2D eigenvalue weighted by atomic mass is 32.1. The number of thiocarbonyl (C=S) groups is 2. The molecule has 0 bridgehead atoms. The molecule has 24 heteroatoms. The molecular weight excluding hydrogens is 756 g/mol. The summed E-state index contributed by atoms with van der Waals surface area (Å²) in [5.41, 5.74) is 0. The number of hydrogen-bond donors (Lipinski definition) is 10. The van der Waals surface area contributed by atoms with Gasteiger partial charge in [0, 0.05) is 47.9 Å². The van der Waals surface area contributed by atoms with Gasteiger partial charge in [-0.25, -0.2) is 0 Å². The lowest BCUT2D eigenvalue weighted by Crippen LogP contribution is -2.67. The molecule has 0 aromatic rings. The van der Waals surface area contributed by atoms with Crippen LogP contribution in [0.4, 0.5) is 0 Å².